The smallest absolute Gasteiger partial charge is 0.240 e. The van der Waals surface area contributed by atoms with Crippen molar-refractivity contribution in [3.63, 3.8) is 0 Å². The van der Waals surface area contributed by atoms with Crippen molar-refractivity contribution in [2.75, 3.05) is 6.61 Å². The van der Waals surface area contributed by atoms with Crippen LogP contribution < -0.4 is 4.72 Å². The lowest BCUT2D eigenvalue weighted by molar-refractivity contribution is 0.227. The number of aliphatic hydroxyl groups excluding tert-OH is 1. The first-order valence-corrected chi connectivity index (χ1v) is 7.60. The van der Waals surface area contributed by atoms with Crippen molar-refractivity contribution >= 4 is 33.2 Å². The molecule has 0 aliphatic heterocycles. The van der Waals surface area contributed by atoms with E-state index in [2.05, 4.69) is 4.72 Å². The van der Waals surface area contributed by atoms with Crippen LogP contribution in [0.5, 0.6) is 0 Å². The number of benzene rings is 1. The Morgan fingerprint density at radius 2 is 1.89 bits per heavy atom. The lowest BCUT2D eigenvalue weighted by atomic mass is 10.1. The van der Waals surface area contributed by atoms with E-state index in [-0.39, 0.29) is 27.5 Å². The largest absolute Gasteiger partial charge is 0.395 e. The molecule has 0 unspecified atom stereocenters. The summed E-state index contributed by atoms with van der Waals surface area (Å²) >= 11 is 11.5. The molecule has 18 heavy (non-hydrogen) atoms. The molecule has 0 heterocycles. The van der Waals surface area contributed by atoms with Gasteiger partial charge in [-0.3, -0.25) is 0 Å². The summed E-state index contributed by atoms with van der Waals surface area (Å²) in [5.74, 6) is -0.0208. The van der Waals surface area contributed by atoms with E-state index in [1.165, 1.54) is 18.2 Å². The summed E-state index contributed by atoms with van der Waals surface area (Å²) in [7, 11) is -3.71. The Bertz CT molecular complexity index is 517. The van der Waals surface area contributed by atoms with E-state index in [0.29, 0.717) is 0 Å². The van der Waals surface area contributed by atoms with Gasteiger partial charge in [-0.1, -0.05) is 37.0 Å². The fourth-order valence-electron chi connectivity index (χ4n) is 1.30. The van der Waals surface area contributed by atoms with Crippen LogP contribution in [-0.4, -0.2) is 26.2 Å². The van der Waals surface area contributed by atoms with Crippen LogP contribution in [0.3, 0.4) is 0 Å². The third kappa shape index (κ3) is 3.83. The molecular formula is C11H15Cl2NO3S. The van der Waals surface area contributed by atoms with Gasteiger partial charge >= 0.3 is 0 Å². The van der Waals surface area contributed by atoms with Gasteiger partial charge in [0.25, 0.3) is 0 Å². The molecule has 0 bridgehead atoms. The zero-order chi connectivity index (χ0) is 13.9. The van der Waals surface area contributed by atoms with Crippen LogP contribution in [0.25, 0.3) is 0 Å². The van der Waals surface area contributed by atoms with E-state index >= 15 is 0 Å². The first-order chi connectivity index (χ1) is 8.27. The number of hydrogen-bond donors (Lipinski definition) is 2. The zero-order valence-electron chi connectivity index (χ0n) is 10.0. The molecule has 0 radical (unpaired) electrons. The van der Waals surface area contributed by atoms with Gasteiger partial charge in [0.2, 0.25) is 10.0 Å². The molecule has 2 N–H and O–H groups in total. The van der Waals surface area contributed by atoms with E-state index < -0.39 is 16.1 Å². The van der Waals surface area contributed by atoms with Crippen LogP contribution in [0.4, 0.5) is 0 Å². The van der Waals surface area contributed by atoms with Gasteiger partial charge in [-0.2, -0.15) is 0 Å². The summed E-state index contributed by atoms with van der Waals surface area (Å²) in [6.45, 7) is 3.37. The summed E-state index contributed by atoms with van der Waals surface area (Å²) in [5, 5.41) is 9.59. The Morgan fingerprint density at radius 3 is 2.33 bits per heavy atom. The van der Waals surface area contributed by atoms with Crippen molar-refractivity contribution in [3.05, 3.63) is 28.2 Å². The standard InChI is InChI=1S/C11H15Cl2NO3S/c1-7(2)11(6-15)14-18(16,17)8-3-4-9(12)10(13)5-8/h3-5,7,11,14-15H,6H2,1-2H3/t11-/m1/s1. The van der Waals surface area contributed by atoms with Crippen molar-refractivity contribution in [2.24, 2.45) is 5.92 Å². The minimum absolute atomic E-state index is 0.0208. The highest BCUT2D eigenvalue weighted by atomic mass is 35.5. The molecule has 1 rings (SSSR count). The van der Waals surface area contributed by atoms with Gasteiger partial charge in [-0.05, 0) is 24.1 Å². The summed E-state index contributed by atoms with van der Waals surface area (Å²) in [6.07, 6.45) is 0. The van der Waals surface area contributed by atoms with Crippen LogP contribution in [0.2, 0.25) is 10.0 Å². The maximum absolute atomic E-state index is 12.0. The van der Waals surface area contributed by atoms with E-state index in [1.54, 1.807) is 0 Å². The van der Waals surface area contributed by atoms with Crippen LogP contribution in [0, 0.1) is 5.92 Å². The normalized spacial score (nSPS) is 13.9. The van der Waals surface area contributed by atoms with Crippen molar-refractivity contribution in [1.82, 2.24) is 4.72 Å². The molecule has 0 amide bonds. The summed E-state index contributed by atoms with van der Waals surface area (Å²) in [4.78, 5) is 0.0241. The monoisotopic (exact) mass is 311 g/mol. The van der Waals surface area contributed by atoms with E-state index in [4.69, 9.17) is 28.3 Å². The average molecular weight is 312 g/mol. The topological polar surface area (TPSA) is 66.4 Å². The SMILES string of the molecule is CC(C)[C@@H](CO)NS(=O)(=O)c1ccc(Cl)c(Cl)c1. The number of halogens is 2. The molecule has 4 nitrogen and oxygen atoms in total. The highest BCUT2D eigenvalue weighted by Crippen LogP contribution is 2.25. The zero-order valence-corrected chi connectivity index (χ0v) is 12.4. The third-order valence-corrected chi connectivity index (χ3v) is 4.74. The molecular weight excluding hydrogens is 297 g/mol. The number of hydrogen-bond acceptors (Lipinski definition) is 3. The van der Waals surface area contributed by atoms with Crippen molar-refractivity contribution in [1.29, 1.82) is 0 Å². The maximum Gasteiger partial charge on any atom is 0.240 e. The van der Waals surface area contributed by atoms with Gasteiger partial charge < -0.3 is 5.11 Å². The Kier molecular flexibility index (Phi) is 5.43. The first kappa shape index (κ1) is 15.7. The quantitative estimate of drug-likeness (QED) is 0.876. The average Bonchev–Trinajstić information content (AvgIpc) is 2.29. The summed E-state index contributed by atoms with van der Waals surface area (Å²) < 4.78 is 26.5. The van der Waals surface area contributed by atoms with Crippen LogP contribution in [-0.2, 0) is 10.0 Å². The van der Waals surface area contributed by atoms with Gasteiger partial charge in [-0.15, -0.1) is 0 Å². The lowest BCUT2D eigenvalue weighted by Crippen LogP contribution is -2.41. The second-order valence-corrected chi connectivity index (χ2v) is 6.76. The molecule has 7 heteroatoms. The van der Waals surface area contributed by atoms with E-state index in [9.17, 15) is 8.42 Å². The highest BCUT2D eigenvalue weighted by Gasteiger charge is 2.22. The molecule has 1 aromatic carbocycles. The number of nitrogens with one attached hydrogen (secondary N) is 1. The van der Waals surface area contributed by atoms with Crippen LogP contribution >= 0.6 is 23.2 Å². The summed E-state index contributed by atoms with van der Waals surface area (Å²) in [5.41, 5.74) is 0. The van der Waals surface area contributed by atoms with Crippen molar-refractivity contribution in [2.45, 2.75) is 24.8 Å². The van der Waals surface area contributed by atoms with Crippen molar-refractivity contribution in [3.8, 4) is 0 Å². The second kappa shape index (κ2) is 6.21. The fourth-order valence-corrected chi connectivity index (χ4v) is 3.06. The van der Waals surface area contributed by atoms with Crippen molar-refractivity contribution < 1.29 is 13.5 Å². The molecule has 0 aliphatic rings. The molecule has 0 spiro atoms. The van der Waals surface area contributed by atoms with Crippen LogP contribution in [0.15, 0.2) is 23.1 Å². The number of sulfonamides is 1. The highest BCUT2D eigenvalue weighted by molar-refractivity contribution is 7.89. The molecule has 0 saturated heterocycles. The maximum atomic E-state index is 12.0. The molecule has 1 atom stereocenters. The number of aliphatic hydroxyl groups is 1. The molecule has 102 valence electrons. The van der Waals surface area contributed by atoms with Gasteiger partial charge in [-0.25, -0.2) is 13.1 Å². The van der Waals surface area contributed by atoms with Gasteiger partial charge in [0, 0.05) is 6.04 Å². The van der Waals surface area contributed by atoms with Gasteiger partial charge in [0.1, 0.15) is 0 Å². The van der Waals surface area contributed by atoms with Gasteiger partial charge in [0.05, 0.1) is 21.5 Å². The van der Waals surface area contributed by atoms with E-state index in [1.807, 2.05) is 13.8 Å². The molecule has 0 saturated carbocycles. The predicted octanol–water partition coefficient (Wildman–Crippen LogP) is 2.29. The summed E-state index contributed by atoms with van der Waals surface area (Å²) in [6, 6.07) is 3.53. The molecule has 0 fully saturated rings. The Morgan fingerprint density at radius 1 is 1.28 bits per heavy atom. The predicted molar refractivity (Wildman–Crippen MR) is 72.5 cm³/mol. The fraction of sp³-hybridized carbons (Fsp3) is 0.455. The second-order valence-electron chi connectivity index (χ2n) is 4.23. The Hall–Kier alpha value is -0.330. The Labute approximate surface area is 117 Å². The molecule has 0 aromatic heterocycles. The number of rotatable bonds is 5. The minimum atomic E-state index is -3.71. The van der Waals surface area contributed by atoms with E-state index in [0.717, 1.165) is 0 Å². The first-order valence-electron chi connectivity index (χ1n) is 5.36. The molecule has 1 aromatic rings. The lowest BCUT2D eigenvalue weighted by Gasteiger charge is -2.19. The minimum Gasteiger partial charge on any atom is -0.395 e. The third-order valence-electron chi connectivity index (χ3n) is 2.51. The molecule has 0 aliphatic carbocycles. The van der Waals surface area contributed by atoms with Crippen LogP contribution in [0.1, 0.15) is 13.8 Å². The Balaban J connectivity index is 3.02. The van der Waals surface area contributed by atoms with Gasteiger partial charge in [0.15, 0.2) is 0 Å².